The van der Waals surface area contributed by atoms with Crippen molar-refractivity contribution in [3.05, 3.63) is 77.0 Å². The van der Waals surface area contributed by atoms with E-state index in [0.717, 1.165) is 17.3 Å². The van der Waals surface area contributed by atoms with E-state index >= 15 is 0 Å². The molecule has 2 aromatic carbocycles. The molecule has 2 atom stereocenters. The first-order chi connectivity index (χ1) is 15.9. The fourth-order valence-corrected chi connectivity index (χ4v) is 4.10. The monoisotopic (exact) mass is 454 g/mol. The smallest absolute Gasteiger partial charge is 0.236 e. The van der Waals surface area contributed by atoms with Gasteiger partial charge in [-0.2, -0.15) is 0 Å². The lowest BCUT2D eigenvalue weighted by Gasteiger charge is -2.30. The third-order valence-corrected chi connectivity index (χ3v) is 5.81. The summed E-state index contributed by atoms with van der Waals surface area (Å²) < 4.78 is 34.3. The number of amides is 1. The Kier molecular flexibility index (Phi) is 7.03. The van der Waals surface area contributed by atoms with Gasteiger partial charge in [0.15, 0.2) is 11.6 Å². The summed E-state index contributed by atoms with van der Waals surface area (Å²) in [7, 11) is 0. The van der Waals surface area contributed by atoms with E-state index in [1.165, 1.54) is 6.07 Å². The maximum absolute atomic E-state index is 14.5. The second kappa shape index (κ2) is 10.1. The van der Waals surface area contributed by atoms with Crippen molar-refractivity contribution in [2.24, 2.45) is 0 Å². The van der Waals surface area contributed by atoms with Gasteiger partial charge in [-0.1, -0.05) is 30.3 Å². The van der Waals surface area contributed by atoms with E-state index < -0.39 is 11.6 Å². The zero-order chi connectivity index (χ0) is 23.4. The Morgan fingerprint density at radius 3 is 2.85 bits per heavy atom. The van der Waals surface area contributed by atoms with E-state index in [1.807, 2.05) is 30.3 Å². The van der Waals surface area contributed by atoms with Crippen molar-refractivity contribution >= 4 is 11.6 Å². The van der Waals surface area contributed by atoms with Gasteiger partial charge < -0.3 is 25.7 Å². The summed E-state index contributed by atoms with van der Waals surface area (Å²) in [4.78, 5) is 14.4. The Bertz CT molecular complexity index is 1060. The summed E-state index contributed by atoms with van der Waals surface area (Å²) in [5.41, 5.74) is 2.66. The number of nitrogens with one attached hydrogen (secondary N) is 3. The molecule has 1 aliphatic carbocycles. The molecule has 2 unspecified atom stereocenters. The van der Waals surface area contributed by atoms with Crippen LogP contribution in [-0.2, 0) is 11.4 Å². The van der Waals surface area contributed by atoms with Gasteiger partial charge in [-0.3, -0.25) is 4.79 Å². The van der Waals surface area contributed by atoms with Crippen LogP contribution in [-0.4, -0.2) is 48.7 Å². The minimum Gasteiger partial charge on any atom is -0.486 e. The Balaban J connectivity index is 1.36. The van der Waals surface area contributed by atoms with E-state index in [-0.39, 0.29) is 36.8 Å². The lowest BCUT2D eigenvalue weighted by atomic mass is 10.1. The van der Waals surface area contributed by atoms with Crippen LogP contribution in [0.4, 0.5) is 8.78 Å². The molecule has 2 aromatic rings. The number of carbonyl (C=O) groups is 1. The number of ether oxygens (including phenoxy) is 1. The van der Waals surface area contributed by atoms with E-state index in [0.29, 0.717) is 37.3 Å². The first kappa shape index (κ1) is 22.9. The van der Waals surface area contributed by atoms with Gasteiger partial charge in [0, 0.05) is 48.1 Å². The van der Waals surface area contributed by atoms with Crippen LogP contribution < -0.4 is 15.4 Å². The van der Waals surface area contributed by atoms with Crippen molar-refractivity contribution in [1.82, 2.24) is 15.5 Å². The van der Waals surface area contributed by atoms with Crippen molar-refractivity contribution in [2.45, 2.75) is 31.9 Å². The van der Waals surface area contributed by atoms with Crippen LogP contribution >= 0.6 is 0 Å². The predicted molar refractivity (Wildman–Crippen MR) is 122 cm³/mol. The van der Waals surface area contributed by atoms with E-state index in [2.05, 4.69) is 10.6 Å². The number of hydrogen-bond donors (Lipinski definition) is 3. The van der Waals surface area contributed by atoms with Gasteiger partial charge in [0.05, 0.1) is 13.1 Å². The molecule has 6 nitrogen and oxygen atoms in total. The molecule has 3 N–H and O–H groups in total. The number of allylic oxidation sites excluding steroid dienone is 1. The third-order valence-electron chi connectivity index (χ3n) is 5.81. The maximum atomic E-state index is 14.5. The summed E-state index contributed by atoms with van der Waals surface area (Å²) in [6, 6.07) is 11.5. The molecule has 4 rings (SSSR count). The van der Waals surface area contributed by atoms with Crippen molar-refractivity contribution < 1.29 is 18.3 Å². The highest BCUT2D eigenvalue weighted by Gasteiger charge is 2.41. The van der Waals surface area contributed by atoms with Crippen LogP contribution in [0, 0.1) is 17.0 Å². The first-order valence-electron chi connectivity index (χ1n) is 11.1. The SMILES string of the molecule is CC(=N)/C=C1/CN(C(=O)CNC2CC2c2cc(F)cc(F)c2OCc2ccccc2)CCN1. The van der Waals surface area contributed by atoms with Gasteiger partial charge >= 0.3 is 0 Å². The zero-order valence-corrected chi connectivity index (χ0v) is 18.5. The zero-order valence-electron chi connectivity index (χ0n) is 18.5. The molecule has 33 heavy (non-hydrogen) atoms. The molecular weight excluding hydrogens is 426 g/mol. The van der Waals surface area contributed by atoms with Crippen molar-refractivity contribution in [3.63, 3.8) is 0 Å². The van der Waals surface area contributed by atoms with E-state index in [1.54, 1.807) is 17.9 Å². The molecule has 2 fully saturated rings. The van der Waals surface area contributed by atoms with Crippen LogP contribution in [0.25, 0.3) is 0 Å². The molecule has 1 heterocycles. The molecule has 0 spiro atoms. The van der Waals surface area contributed by atoms with Crippen LogP contribution in [0.1, 0.15) is 30.4 Å². The normalized spacial score (nSPS) is 20.9. The number of piperazine rings is 1. The van der Waals surface area contributed by atoms with E-state index in [9.17, 15) is 13.6 Å². The fraction of sp³-hybridized carbons (Fsp3) is 0.360. The largest absolute Gasteiger partial charge is 0.486 e. The molecule has 0 bridgehead atoms. The number of rotatable bonds is 8. The topological polar surface area (TPSA) is 77.5 Å². The highest BCUT2D eigenvalue weighted by atomic mass is 19.1. The Morgan fingerprint density at radius 1 is 1.30 bits per heavy atom. The summed E-state index contributed by atoms with van der Waals surface area (Å²) in [6.45, 7) is 3.70. The lowest BCUT2D eigenvalue weighted by molar-refractivity contribution is -0.130. The van der Waals surface area contributed by atoms with Crippen LogP contribution in [0.15, 0.2) is 54.2 Å². The number of hydrogen-bond acceptors (Lipinski definition) is 5. The van der Waals surface area contributed by atoms with Crippen molar-refractivity contribution in [3.8, 4) is 5.75 Å². The third kappa shape index (κ3) is 5.96. The van der Waals surface area contributed by atoms with Crippen LogP contribution in [0.3, 0.4) is 0 Å². The second-order valence-corrected chi connectivity index (χ2v) is 8.50. The minimum atomic E-state index is -0.718. The number of benzene rings is 2. The van der Waals surface area contributed by atoms with E-state index in [4.69, 9.17) is 10.1 Å². The molecule has 8 heteroatoms. The second-order valence-electron chi connectivity index (χ2n) is 8.50. The summed E-state index contributed by atoms with van der Waals surface area (Å²) in [6.07, 6.45) is 2.40. The summed E-state index contributed by atoms with van der Waals surface area (Å²) >= 11 is 0. The molecular formula is C25H28F2N4O2. The lowest BCUT2D eigenvalue weighted by Crippen LogP contribution is -2.48. The maximum Gasteiger partial charge on any atom is 0.236 e. The highest BCUT2D eigenvalue weighted by Crippen LogP contribution is 2.46. The molecule has 2 aliphatic rings. The Labute approximate surface area is 192 Å². The molecule has 0 radical (unpaired) electrons. The van der Waals surface area contributed by atoms with Gasteiger partial charge in [0.1, 0.15) is 12.4 Å². The summed E-state index contributed by atoms with van der Waals surface area (Å²) in [5, 5.41) is 14.0. The van der Waals surface area contributed by atoms with Crippen LogP contribution in [0.5, 0.6) is 5.75 Å². The summed E-state index contributed by atoms with van der Waals surface area (Å²) in [5.74, 6) is -1.45. The number of nitrogens with zero attached hydrogens (tertiary/aromatic N) is 1. The molecule has 1 aliphatic heterocycles. The van der Waals surface area contributed by atoms with Gasteiger partial charge in [-0.15, -0.1) is 0 Å². The van der Waals surface area contributed by atoms with Gasteiger partial charge in [-0.05, 0) is 31.1 Å². The first-order valence-corrected chi connectivity index (χ1v) is 11.1. The average molecular weight is 455 g/mol. The van der Waals surface area contributed by atoms with Crippen molar-refractivity contribution in [1.29, 1.82) is 5.41 Å². The minimum absolute atomic E-state index is 0.0401. The van der Waals surface area contributed by atoms with Gasteiger partial charge in [-0.25, -0.2) is 8.78 Å². The highest BCUT2D eigenvalue weighted by molar-refractivity contribution is 5.90. The standard InChI is InChI=1S/C25H28F2N4O2/c1-16(28)9-19-14-31(8-7-29-19)24(32)13-30-23-12-20(23)21-10-18(26)11-22(27)25(21)33-15-17-5-3-2-4-6-17/h2-6,9-11,20,23,28-30H,7-8,12-15H2,1H3/b19-9-,28-16?. The van der Waals surface area contributed by atoms with Gasteiger partial charge in [0.2, 0.25) is 5.91 Å². The molecule has 0 aromatic heterocycles. The van der Waals surface area contributed by atoms with Gasteiger partial charge in [0.25, 0.3) is 0 Å². The average Bonchev–Trinajstić information content (AvgIpc) is 3.56. The van der Waals surface area contributed by atoms with Crippen LogP contribution in [0.2, 0.25) is 0 Å². The number of halogens is 2. The Hall–Kier alpha value is -3.26. The Morgan fingerprint density at radius 2 is 2.09 bits per heavy atom. The molecule has 1 saturated heterocycles. The van der Waals surface area contributed by atoms with Crippen molar-refractivity contribution in [2.75, 3.05) is 26.2 Å². The fourth-order valence-electron chi connectivity index (χ4n) is 4.10. The molecule has 1 saturated carbocycles. The number of carbonyl (C=O) groups excluding carboxylic acids is 1. The molecule has 1 amide bonds. The molecule has 174 valence electrons. The predicted octanol–water partition coefficient (Wildman–Crippen LogP) is 3.34. The quantitative estimate of drug-likeness (QED) is 0.535.